The molecule has 0 aliphatic carbocycles. The predicted octanol–water partition coefficient (Wildman–Crippen LogP) is 4.47. The number of hydrogen-bond donors (Lipinski definition) is 0. The Kier molecular flexibility index (Phi) is 6.11. The highest BCUT2D eigenvalue weighted by atomic mass is 79.9. The summed E-state index contributed by atoms with van der Waals surface area (Å²) in [5.74, 6) is 1.21. The first kappa shape index (κ1) is 18.3. The molecule has 1 aliphatic heterocycles. The number of carbonyl (C=O) groups excluding carboxylic acids is 1. The fourth-order valence-electron chi connectivity index (χ4n) is 2.10. The molecule has 1 amide bonds. The van der Waals surface area contributed by atoms with Crippen LogP contribution in [0.4, 0.5) is 0 Å². The van der Waals surface area contributed by atoms with E-state index < -0.39 is 0 Å². The first-order valence-electron chi connectivity index (χ1n) is 7.16. The van der Waals surface area contributed by atoms with Crippen LogP contribution in [-0.2, 0) is 4.79 Å². The number of likely N-dealkylation sites (N-methyl/N-ethyl adjacent to an activating group) is 1. The number of nitrogens with zero attached hydrogens (tertiary/aromatic N) is 1. The van der Waals surface area contributed by atoms with Gasteiger partial charge in [0.25, 0.3) is 5.91 Å². The fraction of sp³-hybridized carbons (Fsp3) is 0.375. The quantitative estimate of drug-likeness (QED) is 0.523. The van der Waals surface area contributed by atoms with Crippen LogP contribution in [0.2, 0.25) is 0 Å². The maximum atomic E-state index is 12.3. The molecule has 2 rings (SSSR count). The number of methoxy groups -OCH3 is 1. The topological polar surface area (TPSA) is 38.8 Å². The number of thiocarbonyl (C=S) groups is 1. The van der Waals surface area contributed by atoms with Gasteiger partial charge in [0, 0.05) is 6.54 Å². The minimum atomic E-state index is -0.0555. The van der Waals surface area contributed by atoms with Gasteiger partial charge in [0.1, 0.15) is 4.32 Å². The molecule has 0 spiro atoms. The lowest BCUT2D eigenvalue weighted by atomic mass is 10.2. The monoisotopic (exact) mass is 415 g/mol. The molecule has 1 heterocycles. The molecule has 124 valence electrons. The van der Waals surface area contributed by atoms with Crippen LogP contribution >= 0.6 is 39.9 Å². The van der Waals surface area contributed by atoms with E-state index in [2.05, 4.69) is 15.9 Å². The third-order valence-corrected chi connectivity index (χ3v) is 5.06. The van der Waals surface area contributed by atoms with Crippen LogP contribution in [0.1, 0.15) is 26.3 Å². The van der Waals surface area contributed by atoms with Gasteiger partial charge in [-0.05, 0) is 60.5 Å². The molecule has 0 unspecified atom stereocenters. The van der Waals surface area contributed by atoms with Crippen LogP contribution in [0.25, 0.3) is 6.08 Å². The number of hydrogen-bond acceptors (Lipinski definition) is 5. The van der Waals surface area contributed by atoms with Crippen molar-refractivity contribution in [2.75, 3.05) is 13.7 Å². The SMILES string of the molecule is CCN1C(=O)C(=Cc2cc(Br)c(OC(C)C)c(OC)c2)SC1=S. The van der Waals surface area contributed by atoms with Crippen LogP contribution in [0.5, 0.6) is 11.5 Å². The summed E-state index contributed by atoms with van der Waals surface area (Å²) in [6.45, 7) is 6.40. The van der Waals surface area contributed by atoms with Gasteiger partial charge in [0.2, 0.25) is 0 Å². The molecule has 4 nitrogen and oxygen atoms in total. The molecular weight excluding hydrogens is 398 g/mol. The van der Waals surface area contributed by atoms with E-state index in [9.17, 15) is 4.79 Å². The molecule has 0 atom stereocenters. The summed E-state index contributed by atoms with van der Waals surface area (Å²) in [7, 11) is 1.59. The highest BCUT2D eigenvalue weighted by Gasteiger charge is 2.30. The first-order valence-corrected chi connectivity index (χ1v) is 9.18. The van der Waals surface area contributed by atoms with Gasteiger partial charge in [-0.25, -0.2) is 0 Å². The Balaban J connectivity index is 2.38. The maximum Gasteiger partial charge on any atom is 0.266 e. The molecule has 0 bridgehead atoms. The molecule has 0 N–H and O–H groups in total. The third kappa shape index (κ3) is 4.08. The van der Waals surface area contributed by atoms with Crippen molar-refractivity contribution >= 4 is 56.2 Å². The molecule has 1 aromatic rings. The Hall–Kier alpha value is -1.05. The lowest BCUT2D eigenvalue weighted by Gasteiger charge is -2.16. The molecule has 23 heavy (non-hydrogen) atoms. The Bertz CT molecular complexity index is 674. The summed E-state index contributed by atoms with van der Waals surface area (Å²) < 4.78 is 12.6. The van der Waals surface area contributed by atoms with Crippen molar-refractivity contribution in [1.29, 1.82) is 0 Å². The van der Waals surface area contributed by atoms with E-state index in [1.807, 2.05) is 39.0 Å². The van der Waals surface area contributed by atoms with Crippen LogP contribution in [0.3, 0.4) is 0 Å². The number of halogens is 1. The smallest absolute Gasteiger partial charge is 0.266 e. The fourth-order valence-corrected chi connectivity index (χ4v) is 4.03. The summed E-state index contributed by atoms with van der Waals surface area (Å²) in [6.07, 6.45) is 1.85. The van der Waals surface area contributed by atoms with Crippen LogP contribution < -0.4 is 9.47 Å². The van der Waals surface area contributed by atoms with Gasteiger partial charge in [-0.3, -0.25) is 9.69 Å². The van der Waals surface area contributed by atoms with E-state index >= 15 is 0 Å². The zero-order valence-electron chi connectivity index (χ0n) is 13.4. The van der Waals surface area contributed by atoms with Gasteiger partial charge in [0.15, 0.2) is 11.5 Å². The van der Waals surface area contributed by atoms with Crippen molar-refractivity contribution in [3.63, 3.8) is 0 Å². The Morgan fingerprint density at radius 2 is 2.13 bits per heavy atom. The van der Waals surface area contributed by atoms with E-state index in [1.165, 1.54) is 11.8 Å². The normalized spacial score (nSPS) is 16.6. The van der Waals surface area contributed by atoms with Gasteiger partial charge in [-0.1, -0.05) is 24.0 Å². The Labute approximate surface area is 154 Å². The Morgan fingerprint density at radius 1 is 1.43 bits per heavy atom. The van der Waals surface area contributed by atoms with Crippen molar-refractivity contribution in [3.8, 4) is 11.5 Å². The minimum Gasteiger partial charge on any atom is -0.493 e. The summed E-state index contributed by atoms with van der Waals surface area (Å²) in [4.78, 5) is 14.5. The molecule has 1 aromatic carbocycles. The average Bonchev–Trinajstić information content (AvgIpc) is 2.75. The number of rotatable bonds is 5. The summed E-state index contributed by atoms with van der Waals surface area (Å²) >= 11 is 10.0. The van der Waals surface area contributed by atoms with Crippen LogP contribution in [0, 0.1) is 0 Å². The largest absolute Gasteiger partial charge is 0.493 e. The van der Waals surface area contributed by atoms with Crippen LogP contribution in [0.15, 0.2) is 21.5 Å². The molecule has 0 saturated carbocycles. The first-order chi connectivity index (χ1) is 10.9. The van der Waals surface area contributed by atoms with Gasteiger partial charge in [-0.15, -0.1) is 0 Å². The Morgan fingerprint density at radius 3 is 2.65 bits per heavy atom. The highest BCUT2D eigenvalue weighted by Crippen LogP contribution is 2.39. The van der Waals surface area contributed by atoms with Gasteiger partial charge < -0.3 is 9.47 Å². The zero-order chi connectivity index (χ0) is 17.1. The summed E-state index contributed by atoms with van der Waals surface area (Å²) in [5.41, 5.74) is 0.849. The number of ether oxygens (including phenoxy) is 2. The van der Waals surface area contributed by atoms with E-state index in [0.29, 0.717) is 27.3 Å². The highest BCUT2D eigenvalue weighted by molar-refractivity contribution is 9.10. The van der Waals surface area contributed by atoms with E-state index in [4.69, 9.17) is 21.7 Å². The van der Waals surface area contributed by atoms with Crippen molar-refractivity contribution in [2.24, 2.45) is 0 Å². The predicted molar refractivity (Wildman–Crippen MR) is 102 cm³/mol. The molecule has 0 radical (unpaired) electrons. The van der Waals surface area contributed by atoms with Gasteiger partial charge in [0.05, 0.1) is 22.6 Å². The van der Waals surface area contributed by atoms with Crippen LogP contribution in [-0.4, -0.2) is 34.9 Å². The summed E-state index contributed by atoms with van der Waals surface area (Å²) in [5, 5.41) is 0. The van der Waals surface area contributed by atoms with Crippen molar-refractivity contribution in [3.05, 3.63) is 27.1 Å². The second kappa shape index (κ2) is 7.68. The van der Waals surface area contributed by atoms with E-state index in [0.717, 1.165) is 10.0 Å². The number of amides is 1. The molecule has 7 heteroatoms. The molecule has 0 aromatic heterocycles. The number of thioether (sulfide) groups is 1. The van der Waals surface area contributed by atoms with Crippen molar-refractivity contribution < 1.29 is 14.3 Å². The third-order valence-electron chi connectivity index (χ3n) is 3.09. The second-order valence-electron chi connectivity index (χ2n) is 5.13. The minimum absolute atomic E-state index is 0.0341. The molecular formula is C16H18BrNO3S2. The zero-order valence-corrected chi connectivity index (χ0v) is 16.6. The standard InChI is InChI=1S/C16H18BrNO3S2/c1-5-18-15(19)13(23-16(18)22)8-10-6-11(17)14(21-9(2)3)12(7-10)20-4/h6-9H,5H2,1-4H3. The molecule has 1 saturated heterocycles. The van der Waals surface area contributed by atoms with Gasteiger partial charge in [-0.2, -0.15) is 0 Å². The molecule has 1 fully saturated rings. The summed E-state index contributed by atoms with van der Waals surface area (Å²) in [6, 6.07) is 3.75. The average molecular weight is 416 g/mol. The van der Waals surface area contributed by atoms with E-state index in [1.54, 1.807) is 12.0 Å². The maximum absolute atomic E-state index is 12.3. The van der Waals surface area contributed by atoms with Crippen molar-refractivity contribution in [1.82, 2.24) is 4.90 Å². The number of carbonyl (C=O) groups is 1. The molecule has 1 aliphatic rings. The van der Waals surface area contributed by atoms with Crippen molar-refractivity contribution in [2.45, 2.75) is 26.9 Å². The van der Waals surface area contributed by atoms with Gasteiger partial charge >= 0.3 is 0 Å². The van der Waals surface area contributed by atoms with E-state index in [-0.39, 0.29) is 12.0 Å². The number of benzene rings is 1. The lowest BCUT2D eigenvalue weighted by molar-refractivity contribution is -0.121. The lowest BCUT2D eigenvalue weighted by Crippen LogP contribution is -2.27. The second-order valence-corrected chi connectivity index (χ2v) is 7.66.